The molecular weight excluding hydrogens is 327 g/mol. The number of rotatable bonds is 5. The lowest BCUT2D eigenvalue weighted by atomic mass is 10.0. The highest BCUT2D eigenvalue weighted by atomic mass is 35.5. The third kappa shape index (κ3) is 3.24. The van der Waals surface area contributed by atoms with E-state index in [1.54, 1.807) is 0 Å². The van der Waals surface area contributed by atoms with Crippen LogP contribution in [0.1, 0.15) is 31.7 Å². The molecule has 0 N–H and O–H groups in total. The lowest BCUT2D eigenvalue weighted by Gasteiger charge is -2.12. The Morgan fingerprint density at radius 2 is 1.87 bits per heavy atom. The molecule has 0 spiro atoms. The molecule has 0 amide bonds. The number of nitrogens with zero attached hydrogens (tertiary/aromatic N) is 2. The zero-order chi connectivity index (χ0) is 16.4. The number of halogens is 2. The molecule has 0 unspecified atom stereocenters. The highest BCUT2D eigenvalue weighted by Gasteiger charge is 2.17. The van der Waals surface area contributed by atoms with Crippen molar-refractivity contribution in [1.29, 1.82) is 0 Å². The second kappa shape index (κ2) is 6.94. The van der Waals surface area contributed by atoms with Gasteiger partial charge in [-0.3, -0.25) is 0 Å². The summed E-state index contributed by atoms with van der Waals surface area (Å²) >= 11 is 12.6. The van der Waals surface area contributed by atoms with Crippen LogP contribution in [0.2, 0.25) is 10.3 Å². The van der Waals surface area contributed by atoms with E-state index in [9.17, 15) is 0 Å². The van der Waals surface area contributed by atoms with Gasteiger partial charge in [-0.2, -0.15) is 0 Å². The fraction of sp³-hybridized carbons (Fsp3) is 0.316. The Hall–Kier alpha value is -1.51. The van der Waals surface area contributed by atoms with Crippen LogP contribution in [0.5, 0.6) is 0 Å². The van der Waals surface area contributed by atoms with E-state index in [0.717, 1.165) is 24.4 Å². The van der Waals surface area contributed by atoms with Crippen molar-refractivity contribution in [2.45, 2.75) is 39.7 Å². The Bertz CT molecular complexity index is 837. The number of unbranched alkanes of at least 4 members (excludes halogenated alkanes) is 2. The summed E-state index contributed by atoms with van der Waals surface area (Å²) in [6.45, 7) is 5.13. The van der Waals surface area contributed by atoms with Gasteiger partial charge in [-0.25, -0.2) is 4.98 Å². The van der Waals surface area contributed by atoms with Crippen LogP contribution in [-0.2, 0) is 6.54 Å². The van der Waals surface area contributed by atoms with Gasteiger partial charge in [0.05, 0.1) is 0 Å². The van der Waals surface area contributed by atoms with Gasteiger partial charge in [0.2, 0.25) is 0 Å². The average Bonchev–Trinajstić information content (AvgIpc) is 2.82. The number of hydrogen-bond donors (Lipinski definition) is 0. The molecule has 23 heavy (non-hydrogen) atoms. The van der Waals surface area contributed by atoms with E-state index in [-0.39, 0.29) is 0 Å². The van der Waals surface area contributed by atoms with Crippen molar-refractivity contribution in [3.8, 4) is 11.4 Å². The standard InChI is InChI=1S/C19H20Cl2N2/c1-3-4-7-10-23-18(21)17(20)22-19(23)16-12-13(2)11-14-8-5-6-9-15(14)16/h5-6,8-9,11-12H,3-4,7,10H2,1-2H3. The Morgan fingerprint density at radius 1 is 1.09 bits per heavy atom. The molecule has 0 saturated heterocycles. The summed E-state index contributed by atoms with van der Waals surface area (Å²) in [7, 11) is 0. The predicted molar refractivity (Wildman–Crippen MR) is 99.5 cm³/mol. The van der Waals surface area contributed by atoms with Crippen molar-refractivity contribution in [3.63, 3.8) is 0 Å². The van der Waals surface area contributed by atoms with E-state index < -0.39 is 0 Å². The van der Waals surface area contributed by atoms with Gasteiger partial charge in [0.1, 0.15) is 11.0 Å². The topological polar surface area (TPSA) is 17.8 Å². The van der Waals surface area contributed by atoms with E-state index in [2.05, 4.69) is 55.2 Å². The molecule has 1 aromatic heterocycles. The van der Waals surface area contributed by atoms with E-state index in [1.807, 2.05) is 4.57 Å². The molecule has 2 aromatic carbocycles. The number of fused-ring (bicyclic) bond motifs is 1. The molecule has 3 rings (SSSR count). The van der Waals surface area contributed by atoms with Crippen LogP contribution >= 0.6 is 23.2 Å². The zero-order valence-corrected chi connectivity index (χ0v) is 15.0. The van der Waals surface area contributed by atoms with E-state index >= 15 is 0 Å². The first-order valence-corrected chi connectivity index (χ1v) is 8.78. The molecule has 0 atom stereocenters. The first kappa shape index (κ1) is 16.4. The van der Waals surface area contributed by atoms with Crippen LogP contribution in [0.15, 0.2) is 36.4 Å². The minimum atomic E-state index is 0.378. The van der Waals surface area contributed by atoms with Gasteiger partial charge in [0, 0.05) is 12.1 Å². The molecule has 2 nitrogen and oxygen atoms in total. The highest BCUT2D eigenvalue weighted by molar-refractivity contribution is 6.40. The Labute approximate surface area is 147 Å². The molecule has 4 heteroatoms. The third-order valence-corrected chi connectivity index (χ3v) is 4.84. The number of imidazole rings is 1. The first-order chi connectivity index (χ1) is 11.1. The van der Waals surface area contributed by atoms with Crippen molar-refractivity contribution in [3.05, 3.63) is 52.3 Å². The molecule has 0 saturated carbocycles. The van der Waals surface area contributed by atoms with Gasteiger partial charge >= 0.3 is 0 Å². The van der Waals surface area contributed by atoms with Crippen molar-refractivity contribution in [1.82, 2.24) is 9.55 Å². The maximum atomic E-state index is 6.40. The van der Waals surface area contributed by atoms with E-state index in [1.165, 1.54) is 29.2 Å². The van der Waals surface area contributed by atoms with Crippen molar-refractivity contribution in [2.75, 3.05) is 0 Å². The molecule has 0 aliphatic rings. The summed E-state index contributed by atoms with van der Waals surface area (Å²) in [5.41, 5.74) is 2.29. The number of benzene rings is 2. The second-order valence-corrected chi connectivity index (χ2v) is 6.63. The summed E-state index contributed by atoms with van der Waals surface area (Å²) in [5, 5.41) is 3.29. The smallest absolute Gasteiger partial charge is 0.166 e. The fourth-order valence-electron chi connectivity index (χ4n) is 2.98. The largest absolute Gasteiger partial charge is 0.314 e. The van der Waals surface area contributed by atoms with Crippen LogP contribution in [0.25, 0.3) is 22.2 Å². The average molecular weight is 347 g/mol. The zero-order valence-electron chi connectivity index (χ0n) is 13.4. The quantitative estimate of drug-likeness (QED) is 0.481. The molecule has 0 radical (unpaired) electrons. The van der Waals surface area contributed by atoms with Gasteiger partial charge in [-0.1, -0.05) is 73.3 Å². The van der Waals surface area contributed by atoms with Crippen LogP contribution in [-0.4, -0.2) is 9.55 Å². The van der Waals surface area contributed by atoms with Gasteiger partial charge in [-0.15, -0.1) is 0 Å². The molecule has 3 aromatic rings. The summed E-state index contributed by atoms with van der Waals surface area (Å²) in [6.07, 6.45) is 3.41. The second-order valence-electron chi connectivity index (χ2n) is 5.91. The highest BCUT2D eigenvalue weighted by Crippen LogP contribution is 2.34. The van der Waals surface area contributed by atoms with Crippen LogP contribution < -0.4 is 0 Å². The van der Waals surface area contributed by atoms with Gasteiger partial charge < -0.3 is 4.57 Å². The number of aromatic nitrogens is 2. The molecular formula is C19H20Cl2N2. The van der Waals surface area contributed by atoms with Gasteiger partial charge in [0.15, 0.2) is 5.15 Å². The molecule has 0 aliphatic heterocycles. The Kier molecular flexibility index (Phi) is 4.93. The molecule has 0 aliphatic carbocycles. The lowest BCUT2D eigenvalue weighted by molar-refractivity contribution is 0.607. The maximum Gasteiger partial charge on any atom is 0.166 e. The van der Waals surface area contributed by atoms with Crippen molar-refractivity contribution < 1.29 is 0 Å². The summed E-state index contributed by atoms with van der Waals surface area (Å²) < 4.78 is 2.04. The monoisotopic (exact) mass is 346 g/mol. The molecule has 0 bridgehead atoms. The molecule has 1 heterocycles. The van der Waals surface area contributed by atoms with Crippen LogP contribution in [0, 0.1) is 6.92 Å². The van der Waals surface area contributed by atoms with Crippen LogP contribution in [0.4, 0.5) is 0 Å². The lowest BCUT2D eigenvalue weighted by Crippen LogP contribution is -2.01. The SMILES string of the molecule is CCCCCn1c(-c2cc(C)cc3ccccc23)nc(Cl)c1Cl. The minimum absolute atomic E-state index is 0.378. The Balaban J connectivity index is 2.17. The van der Waals surface area contributed by atoms with Crippen molar-refractivity contribution in [2.24, 2.45) is 0 Å². The molecule has 120 valence electrons. The van der Waals surface area contributed by atoms with Crippen molar-refractivity contribution >= 4 is 34.0 Å². The van der Waals surface area contributed by atoms with Gasteiger partial charge in [0.25, 0.3) is 0 Å². The summed E-state index contributed by atoms with van der Waals surface area (Å²) in [5.74, 6) is 0.857. The maximum absolute atomic E-state index is 6.40. The fourth-order valence-corrected chi connectivity index (χ4v) is 3.37. The minimum Gasteiger partial charge on any atom is -0.314 e. The summed E-state index contributed by atoms with van der Waals surface area (Å²) in [4.78, 5) is 4.55. The normalized spacial score (nSPS) is 11.3. The van der Waals surface area contributed by atoms with E-state index in [0.29, 0.717) is 10.3 Å². The third-order valence-electron chi connectivity index (χ3n) is 4.10. The van der Waals surface area contributed by atoms with Gasteiger partial charge in [-0.05, 0) is 35.7 Å². The summed E-state index contributed by atoms with van der Waals surface area (Å²) in [6, 6.07) is 12.7. The first-order valence-electron chi connectivity index (χ1n) is 8.03. The van der Waals surface area contributed by atoms with Crippen LogP contribution in [0.3, 0.4) is 0 Å². The van der Waals surface area contributed by atoms with E-state index in [4.69, 9.17) is 23.2 Å². The number of aryl methyl sites for hydroxylation is 1. The molecule has 0 fully saturated rings. The Morgan fingerprint density at radius 3 is 2.65 bits per heavy atom. The number of hydrogen-bond acceptors (Lipinski definition) is 1. The predicted octanol–water partition coefficient (Wildman–Crippen LogP) is 6.51.